The topological polar surface area (TPSA) is 27.1 Å². The fraction of sp³-hybridized carbons (Fsp3) is 0.417. The van der Waals surface area contributed by atoms with Crippen LogP contribution in [0, 0.1) is 0 Å². The minimum atomic E-state index is 0.430. The summed E-state index contributed by atoms with van der Waals surface area (Å²) in [6.45, 7) is 4.34. The minimum absolute atomic E-state index is 0.430. The maximum absolute atomic E-state index is 5.40. The molecule has 80 valence electrons. The summed E-state index contributed by atoms with van der Waals surface area (Å²) in [6, 6.07) is 4.06. The molecule has 0 bridgehead atoms. The molecule has 2 aromatic rings. The first-order valence-electron chi connectivity index (χ1n) is 5.13. The van der Waals surface area contributed by atoms with Crippen LogP contribution in [-0.2, 0) is 7.05 Å². The molecule has 1 aromatic carbocycles. The van der Waals surface area contributed by atoms with Gasteiger partial charge in [-0.15, -0.1) is 0 Å². The molecule has 2 rings (SSSR count). The number of hydrogen-bond donors (Lipinski definition) is 0. The number of rotatable bonds is 2. The van der Waals surface area contributed by atoms with Crippen molar-refractivity contribution in [2.75, 3.05) is 7.11 Å². The molecule has 0 radical (unpaired) electrons. The first kappa shape index (κ1) is 10.0. The van der Waals surface area contributed by atoms with Crippen LogP contribution in [0.4, 0.5) is 0 Å². The van der Waals surface area contributed by atoms with Crippen LogP contribution in [-0.4, -0.2) is 16.9 Å². The summed E-state index contributed by atoms with van der Waals surface area (Å²) in [5.41, 5.74) is 2.40. The van der Waals surface area contributed by atoms with Gasteiger partial charge in [0, 0.05) is 18.0 Å². The zero-order valence-electron chi connectivity index (χ0n) is 9.61. The first-order chi connectivity index (χ1) is 7.15. The lowest BCUT2D eigenvalue weighted by Gasteiger charge is -2.13. The Labute approximate surface area is 89.7 Å². The summed E-state index contributed by atoms with van der Waals surface area (Å²) in [4.78, 5) is 0. The Kier molecular flexibility index (Phi) is 2.39. The molecule has 0 fully saturated rings. The van der Waals surface area contributed by atoms with Crippen molar-refractivity contribution in [3.8, 4) is 5.75 Å². The van der Waals surface area contributed by atoms with Crippen molar-refractivity contribution in [3.63, 3.8) is 0 Å². The number of nitrogens with zero attached hydrogens (tertiary/aromatic N) is 2. The van der Waals surface area contributed by atoms with E-state index < -0.39 is 0 Å². The van der Waals surface area contributed by atoms with Gasteiger partial charge in [-0.05, 0) is 18.1 Å². The lowest BCUT2D eigenvalue weighted by atomic mass is 9.99. The molecule has 3 heteroatoms. The molecule has 0 unspecified atom stereocenters. The van der Waals surface area contributed by atoms with Gasteiger partial charge in [-0.1, -0.05) is 13.8 Å². The van der Waals surface area contributed by atoms with Crippen molar-refractivity contribution in [2.24, 2.45) is 7.05 Å². The molecular formula is C12H16N2O. The number of hydrogen-bond acceptors (Lipinski definition) is 2. The highest BCUT2D eigenvalue weighted by atomic mass is 16.5. The molecule has 0 saturated carbocycles. The smallest absolute Gasteiger partial charge is 0.124 e. The average molecular weight is 204 g/mol. The van der Waals surface area contributed by atoms with Crippen molar-refractivity contribution in [1.29, 1.82) is 0 Å². The van der Waals surface area contributed by atoms with Crippen LogP contribution in [0.2, 0.25) is 0 Å². The molecule has 1 heterocycles. The van der Waals surface area contributed by atoms with Crippen molar-refractivity contribution >= 4 is 10.9 Å². The van der Waals surface area contributed by atoms with Crippen LogP contribution in [0.5, 0.6) is 5.75 Å². The standard InChI is InChI=1S/C12H16N2O/c1-8(2)11-10(15-4)6-5-9-7-13-14(3)12(9)11/h5-8H,1-4H3. The zero-order chi connectivity index (χ0) is 11.0. The fourth-order valence-corrected chi connectivity index (χ4v) is 2.01. The van der Waals surface area contributed by atoms with E-state index in [1.807, 2.05) is 30.1 Å². The quantitative estimate of drug-likeness (QED) is 0.752. The maximum Gasteiger partial charge on any atom is 0.124 e. The summed E-state index contributed by atoms with van der Waals surface area (Å²) >= 11 is 0. The van der Waals surface area contributed by atoms with Crippen LogP contribution in [0.25, 0.3) is 10.9 Å². The number of aromatic nitrogens is 2. The van der Waals surface area contributed by atoms with Gasteiger partial charge in [0.15, 0.2) is 0 Å². The van der Waals surface area contributed by atoms with E-state index in [4.69, 9.17) is 4.74 Å². The van der Waals surface area contributed by atoms with Gasteiger partial charge in [-0.3, -0.25) is 4.68 Å². The molecule has 0 spiro atoms. The van der Waals surface area contributed by atoms with Crippen LogP contribution < -0.4 is 4.74 Å². The third kappa shape index (κ3) is 1.48. The Morgan fingerprint density at radius 1 is 1.33 bits per heavy atom. The van der Waals surface area contributed by atoms with Crippen LogP contribution in [0.3, 0.4) is 0 Å². The van der Waals surface area contributed by atoms with E-state index in [1.165, 1.54) is 16.5 Å². The number of fused-ring (bicyclic) bond motifs is 1. The van der Waals surface area contributed by atoms with Gasteiger partial charge in [0.1, 0.15) is 5.75 Å². The Bertz CT molecular complexity index is 486. The molecule has 1 aromatic heterocycles. The van der Waals surface area contributed by atoms with E-state index in [-0.39, 0.29) is 0 Å². The second-order valence-corrected chi connectivity index (χ2v) is 4.04. The van der Waals surface area contributed by atoms with E-state index in [0.29, 0.717) is 5.92 Å². The van der Waals surface area contributed by atoms with Gasteiger partial charge < -0.3 is 4.74 Å². The van der Waals surface area contributed by atoms with Crippen molar-refractivity contribution < 1.29 is 4.74 Å². The SMILES string of the molecule is COc1ccc2cnn(C)c2c1C(C)C. The predicted octanol–water partition coefficient (Wildman–Crippen LogP) is 2.71. The second-order valence-electron chi connectivity index (χ2n) is 4.04. The van der Waals surface area contributed by atoms with Crippen molar-refractivity contribution in [2.45, 2.75) is 19.8 Å². The zero-order valence-corrected chi connectivity index (χ0v) is 9.61. The number of benzene rings is 1. The number of aryl methyl sites for hydroxylation is 1. The fourth-order valence-electron chi connectivity index (χ4n) is 2.01. The minimum Gasteiger partial charge on any atom is -0.496 e. The van der Waals surface area contributed by atoms with E-state index in [9.17, 15) is 0 Å². The normalized spacial score (nSPS) is 11.3. The molecule has 0 saturated heterocycles. The number of methoxy groups -OCH3 is 1. The average Bonchev–Trinajstić information content (AvgIpc) is 2.59. The Hall–Kier alpha value is -1.51. The van der Waals surface area contributed by atoms with Crippen LogP contribution >= 0.6 is 0 Å². The largest absolute Gasteiger partial charge is 0.496 e. The Morgan fingerprint density at radius 3 is 2.67 bits per heavy atom. The van der Waals surface area contributed by atoms with E-state index in [2.05, 4.69) is 18.9 Å². The highest BCUT2D eigenvalue weighted by molar-refractivity contribution is 5.84. The molecule has 3 nitrogen and oxygen atoms in total. The lowest BCUT2D eigenvalue weighted by molar-refractivity contribution is 0.408. The van der Waals surface area contributed by atoms with Gasteiger partial charge in [-0.2, -0.15) is 5.10 Å². The van der Waals surface area contributed by atoms with E-state index >= 15 is 0 Å². The molecule has 0 N–H and O–H groups in total. The summed E-state index contributed by atoms with van der Waals surface area (Å²) < 4.78 is 7.31. The van der Waals surface area contributed by atoms with Gasteiger partial charge in [-0.25, -0.2) is 0 Å². The lowest BCUT2D eigenvalue weighted by Crippen LogP contribution is -1.99. The van der Waals surface area contributed by atoms with Gasteiger partial charge in [0.05, 0.1) is 18.8 Å². The summed E-state index contributed by atoms with van der Waals surface area (Å²) in [6.07, 6.45) is 1.89. The second kappa shape index (κ2) is 3.57. The predicted molar refractivity (Wildman–Crippen MR) is 61.4 cm³/mol. The third-order valence-corrected chi connectivity index (χ3v) is 2.70. The van der Waals surface area contributed by atoms with Crippen LogP contribution in [0.1, 0.15) is 25.3 Å². The van der Waals surface area contributed by atoms with Gasteiger partial charge in [0.2, 0.25) is 0 Å². The highest BCUT2D eigenvalue weighted by Crippen LogP contribution is 2.33. The highest BCUT2D eigenvalue weighted by Gasteiger charge is 2.14. The summed E-state index contributed by atoms with van der Waals surface area (Å²) in [7, 11) is 3.68. The molecule has 15 heavy (non-hydrogen) atoms. The van der Waals surface area contributed by atoms with Gasteiger partial charge in [0.25, 0.3) is 0 Å². The van der Waals surface area contributed by atoms with Crippen molar-refractivity contribution in [1.82, 2.24) is 9.78 Å². The third-order valence-electron chi connectivity index (χ3n) is 2.70. The van der Waals surface area contributed by atoms with Crippen molar-refractivity contribution in [3.05, 3.63) is 23.9 Å². The first-order valence-corrected chi connectivity index (χ1v) is 5.13. The molecule has 0 aliphatic rings. The summed E-state index contributed by atoms with van der Waals surface area (Å²) in [5.74, 6) is 1.38. The van der Waals surface area contributed by atoms with Gasteiger partial charge >= 0.3 is 0 Å². The molecular weight excluding hydrogens is 188 g/mol. The summed E-state index contributed by atoms with van der Waals surface area (Å²) in [5, 5.41) is 5.44. The van der Waals surface area contributed by atoms with E-state index in [0.717, 1.165) is 5.75 Å². The Morgan fingerprint density at radius 2 is 2.07 bits per heavy atom. The monoisotopic (exact) mass is 204 g/mol. The van der Waals surface area contributed by atoms with Crippen LogP contribution in [0.15, 0.2) is 18.3 Å². The molecule has 0 aliphatic heterocycles. The maximum atomic E-state index is 5.40. The van der Waals surface area contributed by atoms with E-state index in [1.54, 1.807) is 7.11 Å². The molecule has 0 atom stereocenters. The molecule has 0 amide bonds. The molecule has 0 aliphatic carbocycles. The Balaban J connectivity index is 2.83. The number of ether oxygens (including phenoxy) is 1.